The number of primary amides is 1. The summed E-state index contributed by atoms with van der Waals surface area (Å²) in [6.45, 7) is 7.81. The molecule has 1 atom stereocenters. The smallest absolute Gasteiger partial charge is 0.220 e. The predicted octanol–water partition coefficient (Wildman–Crippen LogP) is 1.25. The number of carbonyl (C=O) groups excluding carboxylic acids is 1. The van der Waals surface area contributed by atoms with Gasteiger partial charge in [-0.2, -0.15) is 5.26 Å². The van der Waals surface area contributed by atoms with Crippen molar-refractivity contribution in [2.75, 3.05) is 26.2 Å². The molecule has 0 aromatic heterocycles. The van der Waals surface area contributed by atoms with Gasteiger partial charge in [0, 0.05) is 5.92 Å². The van der Waals surface area contributed by atoms with Gasteiger partial charge in [-0.25, -0.2) is 0 Å². The van der Waals surface area contributed by atoms with Gasteiger partial charge in [-0.1, -0.05) is 13.8 Å². The van der Waals surface area contributed by atoms with Crippen molar-refractivity contribution in [2.45, 2.75) is 51.5 Å². The first kappa shape index (κ1) is 16.9. The molecule has 0 saturated carbocycles. The van der Waals surface area contributed by atoms with Gasteiger partial charge in [0.15, 0.2) is 0 Å². The van der Waals surface area contributed by atoms with E-state index >= 15 is 0 Å². The van der Waals surface area contributed by atoms with Crippen molar-refractivity contribution < 1.29 is 4.79 Å². The zero-order valence-electron chi connectivity index (χ0n) is 12.8. The van der Waals surface area contributed by atoms with Crippen molar-refractivity contribution >= 4 is 5.91 Å². The molecule has 5 heteroatoms. The van der Waals surface area contributed by atoms with Gasteiger partial charge < -0.3 is 10.6 Å². The molecular weight excluding hydrogens is 252 g/mol. The molecule has 5 nitrogen and oxygen atoms in total. The van der Waals surface area contributed by atoms with Crippen molar-refractivity contribution in [1.29, 1.82) is 5.26 Å². The second-order valence-corrected chi connectivity index (χ2v) is 5.70. The Morgan fingerprint density at radius 2 is 2.10 bits per heavy atom. The number of amides is 1. The van der Waals surface area contributed by atoms with Crippen molar-refractivity contribution in [3.63, 3.8) is 0 Å². The number of hydrogen-bond donors (Lipinski definition) is 2. The lowest BCUT2D eigenvalue weighted by Crippen LogP contribution is -2.44. The van der Waals surface area contributed by atoms with Crippen LogP contribution in [0.4, 0.5) is 0 Å². The fraction of sp³-hybridized carbons (Fsp3) is 0.867. The molecule has 1 aliphatic heterocycles. The van der Waals surface area contributed by atoms with Crippen LogP contribution in [0, 0.1) is 17.2 Å². The fourth-order valence-electron chi connectivity index (χ4n) is 2.95. The zero-order chi connectivity index (χ0) is 15.0. The molecule has 1 rings (SSSR count). The Morgan fingerprint density at radius 1 is 1.45 bits per heavy atom. The Labute approximate surface area is 122 Å². The third kappa shape index (κ3) is 4.77. The topological polar surface area (TPSA) is 82.2 Å². The minimum Gasteiger partial charge on any atom is -0.369 e. The molecule has 1 amide bonds. The summed E-state index contributed by atoms with van der Waals surface area (Å²) in [6.07, 6.45) is 4.47. The van der Waals surface area contributed by atoms with Gasteiger partial charge in [0.2, 0.25) is 5.91 Å². The van der Waals surface area contributed by atoms with Gasteiger partial charge in [-0.05, 0) is 58.3 Å². The molecule has 1 saturated heterocycles. The Morgan fingerprint density at radius 3 is 2.55 bits per heavy atom. The van der Waals surface area contributed by atoms with E-state index in [0.29, 0.717) is 0 Å². The number of nitrogens with two attached hydrogens (primary N) is 1. The number of rotatable bonds is 8. The third-order valence-corrected chi connectivity index (χ3v) is 4.40. The van der Waals surface area contributed by atoms with Crippen molar-refractivity contribution in [3.8, 4) is 6.07 Å². The SMILES string of the molecule is CCNC(C#N)(CC)CCCN1CCC(C(N)=O)CC1. The second kappa shape index (κ2) is 8.23. The Kier molecular flexibility index (Phi) is 6.97. The van der Waals surface area contributed by atoms with E-state index < -0.39 is 0 Å². The Hall–Kier alpha value is -1.12. The van der Waals surface area contributed by atoms with Crippen molar-refractivity contribution in [1.82, 2.24) is 10.2 Å². The minimum atomic E-state index is -0.375. The Bertz CT molecular complexity index is 344. The number of likely N-dealkylation sites (tertiary alicyclic amines) is 1. The summed E-state index contributed by atoms with van der Waals surface area (Å²) in [4.78, 5) is 13.5. The summed E-state index contributed by atoms with van der Waals surface area (Å²) in [7, 11) is 0. The number of piperidine rings is 1. The quantitative estimate of drug-likeness (QED) is 0.701. The van der Waals surface area contributed by atoms with Crippen LogP contribution in [0.2, 0.25) is 0 Å². The van der Waals surface area contributed by atoms with Gasteiger partial charge in [0.25, 0.3) is 0 Å². The van der Waals surface area contributed by atoms with Crippen LogP contribution in [-0.2, 0) is 4.79 Å². The third-order valence-electron chi connectivity index (χ3n) is 4.40. The molecule has 0 aromatic rings. The molecule has 1 aliphatic rings. The normalized spacial score (nSPS) is 20.2. The van der Waals surface area contributed by atoms with Crippen LogP contribution in [0.3, 0.4) is 0 Å². The average Bonchev–Trinajstić information content (AvgIpc) is 2.47. The van der Waals surface area contributed by atoms with Crippen LogP contribution >= 0.6 is 0 Å². The van der Waals surface area contributed by atoms with E-state index in [1.54, 1.807) is 0 Å². The van der Waals surface area contributed by atoms with E-state index in [9.17, 15) is 10.1 Å². The summed E-state index contributed by atoms with van der Waals surface area (Å²) in [5.74, 6) is -0.104. The second-order valence-electron chi connectivity index (χ2n) is 5.70. The summed E-state index contributed by atoms with van der Waals surface area (Å²) < 4.78 is 0. The van der Waals surface area contributed by atoms with Crippen LogP contribution < -0.4 is 11.1 Å². The number of nitrogens with one attached hydrogen (secondary N) is 1. The summed E-state index contributed by atoms with van der Waals surface area (Å²) >= 11 is 0. The van der Waals surface area contributed by atoms with E-state index in [1.165, 1.54) is 0 Å². The molecule has 0 aliphatic carbocycles. The van der Waals surface area contributed by atoms with Crippen molar-refractivity contribution in [2.24, 2.45) is 11.7 Å². The molecule has 1 unspecified atom stereocenters. The van der Waals surface area contributed by atoms with E-state index in [1.807, 2.05) is 6.92 Å². The van der Waals surface area contributed by atoms with Gasteiger partial charge in [-0.3, -0.25) is 10.1 Å². The first-order chi connectivity index (χ1) is 9.56. The highest BCUT2D eigenvalue weighted by Gasteiger charge is 2.27. The van der Waals surface area contributed by atoms with Gasteiger partial charge in [0.05, 0.1) is 6.07 Å². The maximum absolute atomic E-state index is 11.1. The van der Waals surface area contributed by atoms with E-state index in [4.69, 9.17) is 5.73 Å². The molecule has 0 radical (unpaired) electrons. The summed E-state index contributed by atoms with van der Waals surface area (Å²) in [5.41, 5.74) is 4.96. The number of carbonyl (C=O) groups is 1. The molecule has 20 heavy (non-hydrogen) atoms. The fourth-order valence-corrected chi connectivity index (χ4v) is 2.95. The van der Waals surface area contributed by atoms with Gasteiger partial charge in [-0.15, -0.1) is 0 Å². The molecular formula is C15H28N4O. The lowest BCUT2D eigenvalue weighted by atomic mass is 9.91. The van der Waals surface area contributed by atoms with Gasteiger partial charge >= 0.3 is 0 Å². The summed E-state index contributed by atoms with van der Waals surface area (Å²) in [5, 5.41) is 12.7. The van der Waals surface area contributed by atoms with Crippen molar-refractivity contribution in [3.05, 3.63) is 0 Å². The van der Waals surface area contributed by atoms with Crippen LogP contribution in [0.5, 0.6) is 0 Å². The summed E-state index contributed by atoms with van der Waals surface area (Å²) in [6, 6.07) is 2.44. The number of hydrogen-bond acceptors (Lipinski definition) is 4. The van der Waals surface area contributed by atoms with E-state index in [2.05, 4.69) is 23.2 Å². The molecule has 0 aromatic carbocycles. The predicted molar refractivity (Wildman–Crippen MR) is 79.9 cm³/mol. The number of nitriles is 1. The molecule has 0 spiro atoms. The maximum Gasteiger partial charge on any atom is 0.220 e. The zero-order valence-corrected chi connectivity index (χ0v) is 12.8. The molecule has 1 heterocycles. The lowest BCUT2D eigenvalue weighted by molar-refractivity contribution is -0.123. The highest BCUT2D eigenvalue weighted by molar-refractivity contribution is 5.76. The molecule has 0 bridgehead atoms. The van der Waals surface area contributed by atoms with E-state index in [-0.39, 0.29) is 17.4 Å². The van der Waals surface area contributed by atoms with Crippen LogP contribution in [0.1, 0.15) is 46.0 Å². The highest BCUT2D eigenvalue weighted by Crippen LogP contribution is 2.20. The minimum absolute atomic E-state index is 0.0573. The van der Waals surface area contributed by atoms with Crippen LogP contribution in [0.15, 0.2) is 0 Å². The Balaban J connectivity index is 2.31. The van der Waals surface area contributed by atoms with Crippen LogP contribution in [-0.4, -0.2) is 42.5 Å². The molecule has 1 fully saturated rings. The molecule has 114 valence electrons. The lowest BCUT2D eigenvalue weighted by Gasteiger charge is -2.32. The monoisotopic (exact) mass is 280 g/mol. The highest BCUT2D eigenvalue weighted by atomic mass is 16.1. The standard InChI is InChI=1S/C15H28N4O/c1-3-15(12-16,18-4-2)8-5-9-19-10-6-13(7-11-19)14(17)20/h13,18H,3-11H2,1-2H3,(H2,17,20). The average molecular weight is 280 g/mol. The first-order valence-electron chi connectivity index (χ1n) is 7.75. The van der Waals surface area contributed by atoms with E-state index in [0.717, 1.165) is 58.3 Å². The maximum atomic E-state index is 11.1. The molecule has 3 N–H and O–H groups in total. The number of nitrogens with zero attached hydrogens (tertiary/aromatic N) is 2. The first-order valence-corrected chi connectivity index (χ1v) is 7.75. The largest absolute Gasteiger partial charge is 0.369 e. The van der Waals surface area contributed by atoms with Gasteiger partial charge in [0.1, 0.15) is 5.54 Å². The van der Waals surface area contributed by atoms with Crippen LogP contribution in [0.25, 0.3) is 0 Å².